The van der Waals surface area contributed by atoms with Gasteiger partial charge in [-0.05, 0) is 30.7 Å². The van der Waals surface area contributed by atoms with Crippen LogP contribution < -0.4 is 10.2 Å². The van der Waals surface area contributed by atoms with Gasteiger partial charge in [0, 0.05) is 31.7 Å². The first-order valence-electron chi connectivity index (χ1n) is 8.77. The smallest absolute Gasteiger partial charge is 0.338 e. The van der Waals surface area contributed by atoms with Crippen LogP contribution in [0.2, 0.25) is 0 Å². The van der Waals surface area contributed by atoms with Gasteiger partial charge < -0.3 is 15.0 Å². The van der Waals surface area contributed by atoms with Crippen LogP contribution in [0.1, 0.15) is 23.2 Å². The average Bonchev–Trinajstić information content (AvgIpc) is 3.26. The van der Waals surface area contributed by atoms with E-state index in [-0.39, 0.29) is 18.4 Å². The van der Waals surface area contributed by atoms with Crippen molar-refractivity contribution in [3.63, 3.8) is 0 Å². The molecule has 2 aliphatic heterocycles. The van der Waals surface area contributed by atoms with Crippen molar-refractivity contribution in [2.24, 2.45) is 0 Å². The van der Waals surface area contributed by atoms with Crippen molar-refractivity contribution in [1.82, 2.24) is 10.2 Å². The summed E-state index contributed by atoms with van der Waals surface area (Å²) in [6.07, 6.45) is 1.36. The molecular weight excluding hydrogens is 402 g/mol. The van der Waals surface area contributed by atoms with E-state index in [9.17, 15) is 19.2 Å². The minimum Gasteiger partial charge on any atom is -0.452 e. The maximum Gasteiger partial charge on any atom is 0.338 e. The SMILES string of the molecule is O=C(COC(=O)c1ccc(N2CCCC2=O)cc1)NCCN1C(=O)CSC1=S. The number of amides is 3. The van der Waals surface area contributed by atoms with Crippen molar-refractivity contribution in [1.29, 1.82) is 0 Å². The molecule has 2 fully saturated rings. The standard InChI is InChI=1S/C18H19N3O5S2/c22-14(19-7-9-21-16(24)11-28-18(21)27)10-26-17(25)12-3-5-13(6-4-12)20-8-1-2-15(20)23/h3-6H,1-2,7-11H2,(H,19,22). The average molecular weight is 422 g/mol. The van der Waals surface area contributed by atoms with Gasteiger partial charge in [-0.15, -0.1) is 0 Å². The van der Waals surface area contributed by atoms with E-state index >= 15 is 0 Å². The summed E-state index contributed by atoms with van der Waals surface area (Å²) >= 11 is 6.35. The van der Waals surface area contributed by atoms with Crippen LogP contribution >= 0.6 is 24.0 Å². The Balaban J connectivity index is 1.41. The fraction of sp³-hybridized carbons (Fsp3) is 0.389. The maximum atomic E-state index is 12.1. The molecule has 0 unspecified atom stereocenters. The summed E-state index contributed by atoms with van der Waals surface area (Å²) in [5.74, 6) is -0.758. The molecule has 0 saturated carbocycles. The van der Waals surface area contributed by atoms with E-state index in [2.05, 4.69) is 5.32 Å². The van der Waals surface area contributed by atoms with Crippen molar-refractivity contribution in [2.75, 3.05) is 36.9 Å². The number of thiocarbonyl (C=S) groups is 1. The monoisotopic (exact) mass is 421 g/mol. The molecular formula is C18H19N3O5S2. The van der Waals surface area contributed by atoms with Crippen molar-refractivity contribution >= 4 is 57.7 Å². The summed E-state index contributed by atoms with van der Waals surface area (Å²) in [4.78, 5) is 50.3. The topological polar surface area (TPSA) is 96.0 Å². The predicted molar refractivity (Wildman–Crippen MR) is 108 cm³/mol. The van der Waals surface area contributed by atoms with E-state index in [1.54, 1.807) is 29.2 Å². The zero-order chi connectivity index (χ0) is 20.1. The van der Waals surface area contributed by atoms with E-state index in [1.807, 2.05) is 0 Å². The molecule has 0 atom stereocenters. The molecule has 0 radical (unpaired) electrons. The van der Waals surface area contributed by atoms with E-state index in [0.29, 0.717) is 35.1 Å². The minimum atomic E-state index is -0.623. The number of benzene rings is 1. The second-order valence-electron chi connectivity index (χ2n) is 6.22. The third-order valence-corrected chi connectivity index (χ3v) is 5.75. The van der Waals surface area contributed by atoms with Gasteiger partial charge in [0.2, 0.25) is 11.8 Å². The molecule has 3 amide bonds. The Morgan fingerprint density at radius 1 is 1.18 bits per heavy atom. The molecule has 2 saturated heterocycles. The number of ether oxygens (including phenoxy) is 1. The summed E-state index contributed by atoms with van der Waals surface area (Å²) in [5.41, 5.74) is 1.04. The second kappa shape index (κ2) is 9.16. The first-order valence-corrected chi connectivity index (χ1v) is 10.2. The third kappa shape index (κ3) is 4.87. The molecule has 0 bridgehead atoms. The number of thioether (sulfide) groups is 1. The molecule has 148 valence electrons. The summed E-state index contributed by atoms with van der Waals surface area (Å²) in [6.45, 7) is 0.774. The number of anilines is 1. The fourth-order valence-corrected chi connectivity index (χ4v) is 3.99. The van der Waals surface area contributed by atoms with Crippen LogP contribution in [0.25, 0.3) is 0 Å². The number of esters is 1. The lowest BCUT2D eigenvalue weighted by atomic mass is 10.2. The third-order valence-electron chi connectivity index (χ3n) is 4.32. The molecule has 0 spiro atoms. The van der Waals surface area contributed by atoms with Gasteiger partial charge in [-0.3, -0.25) is 19.3 Å². The molecule has 1 aromatic rings. The number of hydrogen-bond acceptors (Lipinski definition) is 7. The number of nitrogens with zero attached hydrogens (tertiary/aromatic N) is 2. The largest absolute Gasteiger partial charge is 0.452 e. The first-order chi connectivity index (χ1) is 13.5. The molecule has 8 nitrogen and oxygen atoms in total. The zero-order valence-electron chi connectivity index (χ0n) is 15.0. The molecule has 10 heteroatoms. The maximum absolute atomic E-state index is 12.1. The number of hydrogen-bond donors (Lipinski definition) is 1. The van der Waals surface area contributed by atoms with Crippen LogP contribution in [-0.2, 0) is 19.1 Å². The highest BCUT2D eigenvalue weighted by atomic mass is 32.2. The number of rotatable bonds is 7. The zero-order valence-corrected chi connectivity index (χ0v) is 16.6. The van der Waals surface area contributed by atoms with Gasteiger partial charge in [-0.25, -0.2) is 4.79 Å². The Morgan fingerprint density at radius 3 is 2.54 bits per heavy atom. The Bertz CT molecular complexity index is 796. The van der Waals surface area contributed by atoms with Crippen molar-refractivity contribution in [2.45, 2.75) is 12.8 Å². The molecule has 2 heterocycles. The molecule has 28 heavy (non-hydrogen) atoms. The predicted octanol–water partition coefficient (Wildman–Crippen LogP) is 0.947. The van der Waals surface area contributed by atoms with Crippen LogP contribution in [0.15, 0.2) is 24.3 Å². The summed E-state index contributed by atoms with van der Waals surface area (Å²) in [5, 5.41) is 2.59. The van der Waals surface area contributed by atoms with Gasteiger partial charge in [-0.1, -0.05) is 24.0 Å². The highest BCUT2D eigenvalue weighted by Crippen LogP contribution is 2.22. The molecule has 1 aromatic carbocycles. The quantitative estimate of drug-likeness (QED) is 0.517. The van der Waals surface area contributed by atoms with E-state index in [0.717, 1.165) is 12.1 Å². The molecule has 0 aromatic heterocycles. The first kappa shape index (κ1) is 20.3. The van der Waals surface area contributed by atoms with E-state index in [4.69, 9.17) is 17.0 Å². The molecule has 0 aliphatic carbocycles. The highest BCUT2D eigenvalue weighted by molar-refractivity contribution is 8.23. The van der Waals surface area contributed by atoms with Crippen LogP contribution in [-0.4, -0.2) is 64.9 Å². The van der Waals surface area contributed by atoms with Crippen LogP contribution in [0, 0.1) is 0 Å². The van der Waals surface area contributed by atoms with Gasteiger partial charge >= 0.3 is 5.97 Å². The normalized spacial score (nSPS) is 16.6. The lowest BCUT2D eigenvalue weighted by molar-refractivity contribution is -0.126. The Morgan fingerprint density at radius 2 is 1.93 bits per heavy atom. The van der Waals surface area contributed by atoms with Crippen LogP contribution in [0.4, 0.5) is 5.69 Å². The van der Waals surface area contributed by atoms with Gasteiger partial charge in [0.15, 0.2) is 6.61 Å². The Kier molecular flexibility index (Phi) is 6.63. The summed E-state index contributed by atoms with van der Waals surface area (Å²) in [6, 6.07) is 6.51. The van der Waals surface area contributed by atoms with Gasteiger partial charge in [0.05, 0.1) is 11.3 Å². The molecule has 1 N–H and O–H groups in total. The minimum absolute atomic E-state index is 0.0713. The highest BCUT2D eigenvalue weighted by Gasteiger charge is 2.26. The second-order valence-corrected chi connectivity index (χ2v) is 7.83. The number of nitrogens with one attached hydrogen (secondary N) is 1. The van der Waals surface area contributed by atoms with Gasteiger partial charge in [0.1, 0.15) is 4.32 Å². The van der Waals surface area contributed by atoms with Gasteiger partial charge in [0.25, 0.3) is 5.91 Å². The molecule has 3 rings (SSSR count). The Hall–Kier alpha value is -2.46. The van der Waals surface area contributed by atoms with Crippen LogP contribution in [0.5, 0.6) is 0 Å². The van der Waals surface area contributed by atoms with Crippen molar-refractivity contribution in [3.05, 3.63) is 29.8 Å². The number of carbonyl (C=O) groups excluding carboxylic acids is 4. The lowest BCUT2D eigenvalue weighted by Gasteiger charge is -2.16. The fourth-order valence-electron chi connectivity index (χ4n) is 2.87. The summed E-state index contributed by atoms with van der Waals surface area (Å²) in [7, 11) is 0. The van der Waals surface area contributed by atoms with Crippen molar-refractivity contribution in [3.8, 4) is 0 Å². The number of carbonyl (C=O) groups is 4. The lowest BCUT2D eigenvalue weighted by Crippen LogP contribution is -2.38. The summed E-state index contributed by atoms with van der Waals surface area (Å²) < 4.78 is 5.50. The van der Waals surface area contributed by atoms with E-state index < -0.39 is 18.5 Å². The molecule has 2 aliphatic rings. The van der Waals surface area contributed by atoms with E-state index in [1.165, 1.54) is 16.7 Å². The Labute approximate surface area is 171 Å². The van der Waals surface area contributed by atoms with Crippen LogP contribution in [0.3, 0.4) is 0 Å². The van der Waals surface area contributed by atoms with Gasteiger partial charge in [-0.2, -0.15) is 0 Å². The van der Waals surface area contributed by atoms with Crippen molar-refractivity contribution < 1.29 is 23.9 Å².